The van der Waals surface area contributed by atoms with Crippen LogP contribution in [0.25, 0.3) is 17.0 Å². The average Bonchev–Trinajstić information content (AvgIpc) is 3.78. The van der Waals surface area contributed by atoms with Gasteiger partial charge in [-0.2, -0.15) is 0 Å². The third-order valence-corrected chi connectivity index (χ3v) is 7.47. The van der Waals surface area contributed by atoms with Crippen molar-refractivity contribution >= 4 is 34.7 Å². The second-order valence-corrected chi connectivity index (χ2v) is 11.8. The molecule has 2 aliphatic rings. The van der Waals surface area contributed by atoms with Crippen LogP contribution in [-0.4, -0.2) is 94.1 Å². The molecular formula is C32H36N8O5. The van der Waals surface area contributed by atoms with Gasteiger partial charge in [0, 0.05) is 75.0 Å². The van der Waals surface area contributed by atoms with Crippen LogP contribution in [0, 0.1) is 5.41 Å². The Morgan fingerprint density at radius 2 is 1.42 bits per heavy atom. The first-order valence-corrected chi connectivity index (χ1v) is 14.7. The molecule has 234 valence electrons. The van der Waals surface area contributed by atoms with Crippen LogP contribution in [0.4, 0.5) is 0 Å². The number of carbonyl (C=O) groups excluding carboxylic acids is 3. The Hall–Kier alpha value is -5.46. The second kappa shape index (κ2) is 13.0. The molecule has 2 aliphatic heterocycles. The molecule has 5 aromatic heterocycles. The number of ketones is 1. The fourth-order valence-electron chi connectivity index (χ4n) is 4.57. The van der Waals surface area contributed by atoms with Gasteiger partial charge in [-0.25, -0.2) is 14.8 Å². The number of fused-ring (bicyclic) bond motifs is 1. The summed E-state index contributed by atoms with van der Waals surface area (Å²) in [6, 6.07) is 5.09. The number of hydrogen-bond donors (Lipinski definition) is 4. The van der Waals surface area contributed by atoms with E-state index in [9.17, 15) is 19.2 Å². The third-order valence-electron chi connectivity index (χ3n) is 7.47. The minimum atomic E-state index is -0.897. The number of nitrogens with zero attached hydrogens (tertiary/aromatic N) is 5. The molecule has 0 atom stereocenters. The van der Waals surface area contributed by atoms with E-state index in [0.29, 0.717) is 33.7 Å². The van der Waals surface area contributed by atoms with Crippen molar-refractivity contribution in [3.05, 3.63) is 90.0 Å². The van der Waals surface area contributed by atoms with Crippen LogP contribution in [0.15, 0.2) is 67.8 Å². The summed E-state index contributed by atoms with van der Waals surface area (Å²) in [6.07, 6.45) is 15.6. The van der Waals surface area contributed by atoms with Gasteiger partial charge in [-0.05, 0) is 31.0 Å². The molecule has 2 saturated heterocycles. The number of aromatic nitrogens is 6. The molecule has 0 aromatic carbocycles. The monoisotopic (exact) mass is 612 g/mol. The number of H-pyrrole nitrogens is 3. The first kappa shape index (κ1) is 31.0. The summed E-state index contributed by atoms with van der Waals surface area (Å²) in [5, 5.41) is 8.25. The van der Waals surface area contributed by atoms with Crippen LogP contribution in [0.3, 0.4) is 0 Å². The minimum absolute atomic E-state index is 0.0105. The molecule has 5 aromatic rings. The van der Waals surface area contributed by atoms with Crippen LogP contribution < -0.4 is 0 Å². The Bertz CT molecular complexity index is 1790. The van der Waals surface area contributed by atoms with Gasteiger partial charge in [-0.15, -0.1) is 0 Å². The highest BCUT2D eigenvalue weighted by Gasteiger charge is 2.27. The molecular weight excluding hydrogens is 576 g/mol. The largest absolute Gasteiger partial charge is 0.478 e. The Labute approximate surface area is 259 Å². The second-order valence-electron chi connectivity index (χ2n) is 11.8. The number of aromatic amines is 3. The third kappa shape index (κ3) is 7.03. The van der Waals surface area contributed by atoms with Crippen LogP contribution in [0.2, 0.25) is 0 Å². The highest BCUT2D eigenvalue weighted by atomic mass is 16.4. The van der Waals surface area contributed by atoms with E-state index in [4.69, 9.17) is 5.11 Å². The van der Waals surface area contributed by atoms with Gasteiger partial charge in [-0.1, -0.05) is 20.8 Å². The minimum Gasteiger partial charge on any atom is -0.478 e. The van der Waals surface area contributed by atoms with Gasteiger partial charge in [0.25, 0.3) is 11.8 Å². The number of likely N-dealkylation sites (tertiary alicyclic amines) is 2. The van der Waals surface area contributed by atoms with Crippen molar-refractivity contribution in [3.63, 3.8) is 0 Å². The smallest absolute Gasteiger partial charge is 0.337 e. The number of rotatable bonds is 5. The van der Waals surface area contributed by atoms with Crippen molar-refractivity contribution in [1.29, 1.82) is 0 Å². The summed E-state index contributed by atoms with van der Waals surface area (Å²) in [7, 11) is 0. The Morgan fingerprint density at radius 3 is 1.91 bits per heavy atom. The van der Waals surface area contributed by atoms with Crippen molar-refractivity contribution in [2.75, 3.05) is 26.2 Å². The van der Waals surface area contributed by atoms with Gasteiger partial charge in [0.1, 0.15) is 5.52 Å². The first-order chi connectivity index (χ1) is 21.5. The molecule has 4 N–H and O–H groups in total. The molecule has 7 heterocycles. The zero-order chi connectivity index (χ0) is 32.1. The van der Waals surface area contributed by atoms with E-state index in [1.807, 2.05) is 30.6 Å². The van der Waals surface area contributed by atoms with Crippen molar-refractivity contribution in [3.8, 4) is 5.82 Å². The number of hydrogen-bond acceptors (Lipinski definition) is 6. The fourth-order valence-corrected chi connectivity index (χ4v) is 4.57. The first-order valence-electron chi connectivity index (χ1n) is 14.7. The maximum Gasteiger partial charge on any atom is 0.337 e. The van der Waals surface area contributed by atoms with E-state index in [-0.39, 0.29) is 17.6 Å². The summed E-state index contributed by atoms with van der Waals surface area (Å²) in [6.45, 7) is 9.12. The molecule has 2 fully saturated rings. The van der Waals surface area contributed by atoms with Gasteiger partial charge < -0.3 is 34.4 Å². The number of carboxylic acids is 1. The van der Waals surface area contributed by atoms with E-state index in [1.54, 1.807) is 60.1 Å². The number of Topliss-reactive ketones (excluding diaryl/α,β-unsaturated/α-hetero) is 1. The number of carbonyl (C=O) groups is 4. The van der Waals surface area contributed by atoms with Crippen molar-refractivity contribution < 1.29 is 24.3 Å². The molecule has 13 heteroatoms. The molecule has 7 rings (SSSR count). The van der Waals surface area contributed by atoms with Gasteiger partial charge in [0.2, 0.25) is 0 Å². The van der Waals surface area contributed by atoms with E-state index >= 15 is 0 Å². The summed E-state index contributed by atoms with van der Waals surface area (Å²) < 4.78 is 1.76. The Morgan fingerprint density at radius 1 is 0.822 bits per heavy atom. The lowest BCUT2D eigenvalue weighted by Crippen LogP contribution is -2.41. The molecule has 0 unspecified atom stereocenters. The topological polar surface area (TPSA) is 173 Å². The SMILES string of the molecule is CC(C)(C)C(=O)c1c[nH]c2ncc(-n3ccc(C(=O)N4CCC4)c3)nc12.O=C(O)c1cc[nH]c1.O=C(c1cc[nH]c1)N1CCC1. The Balaban J connectivity index is 0.000000171. The lowest BCUT2D eigenvalue weighted by Gasteiger charge is -2.30. The van der Waals surface area contributed by atoms with Gasteiger partial charge in [0.05, 0.1) is 28.5 Å². The van der Waals surface area contributed by atoms with Crippen LogP contribution in [0.1, 0.15) is 75.0 Å². The average molecular weight is 613 g/mol. The molecule has 2 amide bonds. The normalized spacial score (nSPS) is 13.9. The number of nitrogens with one attached hydrogen (secondary N) is 3. The predicted octanol–water partition coefficient (Wildman–Crippen LogP) is 4.40. The molecule has 0 spiro atoms. The molecule has 0 saturated carbocycles. The number of amides is 2. The molecule has 13 nitrogen and oxygen atoms in total. The highest BCUT2D eigenvalue weighted by Crippen LogP contribution is 2.25. The highest BCUT2D eigenvalue weighted by molar-refractivity contribution is 6.08. The van der Waals surface area contributed by atoms with Crippen LogP contribution in [-0.2, 0) is 0 Å². The summed E-state index contributed by atoms with van der Waals surface area (Å²) in [4.78, 5) is 67.6. The maximum absolute atomic E-state index is 12.7. The Kier molecular flexibility index (Phi) is 8.98. The summed E-state index contributed by atoms with van der Waals surface area (Å²) in [5.41, 5.74) is 2.85. The molecule has 0 bridgehead atoms. The predicted molar refractivity (Wildman–Crippen MR) is 167 cm³/mol. The summed E-state index contributed by atoms with van der Waals surface area (Å²) >= 11 is 0. The molecule has 0 radical (unpaired) electrons. The zero-order valence-electron chi connectivity index (χ0n) is 25.4. The summed E-state index contributed by atoms with van der Waals surface area (Å²) in [5.74, 6) is -0.128. The molecule has 0 aliphatic carbocycles. The zero-order valence-corrected chi connectivity index (χ0v) is 25.4. The standard InChI is InChI=1S/C19H21N5O2.C8H10N2O.C5H5NO2/c1-19(2,3)16(25)13-9-20-17-15(13)22-14(10-21-17)24-8-5-12(11-24)18(26)23-6-4-7-23;11-8(10-4-1-5-10)7-2-3-9-6-7;7-5(8)4-1-2-6-3-4/h5,8-11H,4,6-7H2,1-3H3,(H,20,21);2-3,6,9H,1,4-5H2;1-3,6H,(H,7,8). The van der Waals surface area contributed by atoms with E-state index in [1.165, 1.54) is 12.3 Å². The van der Waals surface area contributed by atoms with E-state index in [2.05, 4.69) is 24.9 Å². The van der Waals surface area contributed by atoms with Gasteiger partial charge in [0.15, 0.2) is 17.2 Å². The number of aromatic carboxylic acids is 1. The van der Waals surface area contributed by atoms with Crippen LogP contribution in [0.5, 0.6) is 0 Å². The lowest BCUT2D eigenvalue weighted by molar-refractivity contribution is 0.0645. The van der Waals surface area contributed by atoms with Crippen LogP contribution >= 0.6 is 0 Å². The molecule has 45 heavy (non-hydrogen) atoms. The quantitative estimate of drug-likeness (QED) is 0.213. The number of carboxylic acid groups (broad SMARTS) is 1. The maximum atomic E-state index is 12.7. The van der Waals surface area contributed by atoms with Gasteiger partial charge >= 0.3 is 5.97 Å². The van der Waals surface area contributed by atoms with E-state index in [0.717, 1.165) is 44.6 Å². The van der Waals surface area contributed by atoms with Crippen molar-refractivity contribution in [2.45, 2.75) is 33.6 Å². The van der Waals surface area contributed by atoms with E-state index < -0.39 is 11.4 Å². The van der Waals surface area contributed by atoms with Crippen molar-refractivity contribution in [2.24, 2.45) is 5.41 Å². The van der Waals surface area contributed by atoms with Gasteiger partial charge in [-0.3, -0.25) is 14.4 Å². The lowest BCUT2D eigenvalue weighted by atomic mass is 9.87. The fraction of sp³-hybridized carbons (Fsp3) is 0.312. The van der Waals surface area contributed by atoms with Crippen molar-refractivity contribution in [1.82, 2.24) is 39.3 Å².